The van der Waals surface area contributed by atoms with Crippen molar-refractivity contribution >= 4 is 41.2 Å². The Bertz CT molecular complexity index is 1180. The van der Waals surface area contributed by atoms with Gasteiger partial charge in [-0.25, -0.2) is 4.98 Å². The number of carboxylic acids is 1. The molecule has 0 radical (unpaired) electrons. The molecule has 0 aliphatic heterocycles. The van der Waals surface area contributed by atoms with Gasteiger partial charge in [0.05, 0.1) is 5.60 Å². The predicted octanol–water partition coefficient (Wildman–Crippen LogP) is 2.80. The molecule has 0 atom stereocenters. The molecule has 2 aromatic carbocycles. The standard InChI is InChI=1S/C29H33NO3S2.Na/c1-28(2,33)27-22(9-5-16-34-20-29(13-14-29)19-26(31)32)7-4-10-24(27)23-8-3-6-21(18-23)11-12-25-30-15-17-35-25;/h3-4,6-8,10-12,15,17-18,33H,5,9,13-14,16,19-20H2,1-2H3,(H,31,32);/q;+1/p-1. The summed E-state index contributed by atoms with van der Waals surface area (Å²) < 4.78 is 0. The third kappa shape index (κ3) is 8.04. The SMILES string of the molecule is CC(C)(O)c1c(CCCSCC2(CC(=O)[O-])CC2)cccc1-c1cccc(C=Cc2nccs2)c1.[Na+]. The average Bonchev–Trinajstić information content (AvgIpc) is 3.35. The minimum atomic E-state index is -0.974. The van der Waals surface area contributed by atoms with Crippen molar-refractivity contribution in [2.24, 2.45) is 5.41 Å². The second-order valence-electron chi connectivity index (χ2n) is 9.93. The van der Waals surface area contributed by atoms with E-state index in [-0.39, 0.29) is 41.4 Å². The number of rotatable bonds is 12. The zero-order chi connectivity index (χ0) is 24.9. The van der Waals surface area contributed by atoms with E-state index < -0.39 is 11.6 Å². The fourth-order valence-electron chi connectivity index (χ4n) is 4.57. The van der Waals surface area contributed by atoms with Gasteiger partial charge in [0.1, 0.15) is 5.01 Å². The minimum absolute atomic E-state index is 0. The van der Waals surface area contributed by atoms with Crippen LogP contribution < -0.4 is 34.7 Å². The molecule has 1 saturated carbocycles. The molecule has 7 heteroatoms. The number of carbonyl (C=O) groups excluding carboxylic acids is 1. The zero-order valence-electron chi connectivity index (χ0n) is 21.3. The van der Waals surface area contributed by atoms with Crippen molar-refractivity contribution < 1.29 is 44.6 Å². The molecule has 1 N–H and O–H groups in total. The van der Waals surface area contributed by atoms with Gasteiger partial charge in [-0.3, -0.25) is 0 Å². The first kappa shape index (κ1) is 29.2. The number of thiazole rings is 1. The maximum atomic E-state index is 11.1. The molecule has 184 valence electrons. The number of benzene rings is 2. The van der Waals surface area contributed by atoms with Crippen molar-refractivity contribution in [1.29, 1.82) is 0 Å². The number of aliphatic carboxylic acids is 1. The van der Waals surface area contributed by atoms with Crippen LogP contribution in [0.15, 0.2) is 54.0 Å². The minimum Gasteiger partial charge on any atom is -0.550 e. The van der Waals surface area contributed by atoms with E-state index in [0.29, 0.717) is 0 Å². The molecule has 0 amide bonds. The number of hydrogen-bond acceptors (Lipinski definition) is 6. The third-order valence-electron chi connectivity index (χ3n) is 6.45. The largest absolute Gasteiger partial charge is 1.00 e. The first-order valence-electron chi connectivity index (χ1n) is 12.1. The van der Waals surface area contributed by atoms with Crippen LogP contribution in [-0.2, 0) is 16.8 Å². The van der Waals surface area contributed by atoms with E-state index in [1.165, 1.54) is 0 Å². The van der Waals surface area contributed by atoms with E-state index in [1.54, 1.807) is 17.5 Å². The molecule has 3 aromatic rings. The molecule has 1 heterocycles. The van der Waals surface area contributed by atoms with Gasteiger partial charge in [-0.2, -0.15) is 11.8 Å². The molecule has 4 rings (SSSR count). The van der Waals surface area contributed by atoms with Gasteiger partial charge in [0.25, 0.3) is 0 Å². The van der Waals surface area contributed by atoms with E-state index >= 15 is 0 Å². The first-order chi connectivity index (χ1) is 16.8. The molecular weight excluding hydrogens is 497 g/mol. The molecule has 0 saturated heterocycles. The number of carbonyl (C=O) groups is 1. The topological polar surface area (TPSA) is 73.2 Å². The van der Waals surface area contributed by atoms with E-state index in [4.69, 9.17) is 0 Å². The van der Waals surface area contributed by atoms with Gasteiger partial charge in [0, 0.05) is 17.5 Å². The van der Waals surface area contributed by atoms with E-state index in [0.717, 1.165) is 70.0 Å². The summed E-state index contributed by atoms with van der Waals surface area (Å²) in [5.74, 6) is 0.930. The Hall–Kier alpha value is -1.41. The number of thioether (sulfide) groups is 1. The summed E-state index contributed by atoms with van der Waals surface area (Å²) in [7, 11) is 0. The number of carboxylic acid groups (broad SMARTS) is 1. The quantitative estimate of drug-likeness (QED) is 0.289. The van der Waals surface area contributed by atoms with Crippen LogP contribution in [0.4, 0.5) is 0 Å². The van der Waals surface area contributed by atoms with Gasteiger partial charge in [-0.05, 0) is 103 Å². The summed E-state index contributed by atoms with van der Waals surface area (Å²) in [6.45, 7) is 3.71. The van der Waals surface area contributed by atoms with Crippen molar-refractivity contribution in [3.8, 4) is 11.1 Å². The Morgan fingerprint density at radius 3 is 2.67 bits per heavy atom. The molecule has 36 heavy (non-hydrogen) atoms. The summed E-state index contributed by atoms with van der Waals surface area (Å²) in [5, 5.41) is 25.0. The van der Waals surface area contributed by atoms with Crippen LogP contribution in [0, 0.1) is 5.41 Å². The Morgan fingerprint density at radius 2 is 2.00 bits per heavy atom. The number of nitrogens with zero attached hydrogens (tertiary/aromatic N) is 1. The molecule has 4 nitrogen and oxygen atoms in total. The Labute approximate surface area is 244 Å². The second-order valence-corrected chi connectivity index (χ2v) is 12.0. The fraction of sp³-hybridized carbons (Fsp3) is 0.379. The maximum Gasteiger partial charge on any atom is 1.00 e. The van der Waals surface area contributed by atoms with Crippen LogP contribution in [0.25, 0.3) is 23.3 Å². The Morgan fingerprint density at radius 1 is 1.22 bits per heavy atom. The third-order valence-corrected chi connectivity index (χ3v) is 8.58. The van der Waals surface area contributed by atoms with Crippen LogP contribution in [-0.4, -0.2) is 27.6 Å². The Balaban J connectivity index is 0.00000361. The van der Waals surface area contributed by atoms with Gasteiger partial charge in [-0.15, -0.1) is 11.3 Å². The van der Waals surface area contributed by atoms with E-state index in [9.17, 15) is 15.0 Å². The van der Waals surface area contributed by atoms with Gasteiger partial charge < -0.3 is 15.0 Å². The zero-order valence-corrected chi connectivity index (χ0v) is 25.0. The van der Waals surface area contributed by atoms with Crippen molar-refractivity contribution in [2.45, 2.75) is 51.6 Å². The molecule has 1 fully saturated rings. The summed E-state index contributed by atoms with van der Waals surface area (Å²) in [6.07, 6.45) is 9.93. The number of aryl methyl sites for hydroxylation is 1. The molecule has 1 aromatic heterocycles. The average molecular weight is 530 g/mol. The predicted molar refractivity (Wildman–Crippen MR) is 145 cm³/mol. The summed E-state index contributed by atoms with van der Waals surface area (Å²) in [4.78, 5) is 15.3. The van der Waals surface area contributed by atoms with E-state index in [2.05, 4.69) is 53.5 Å². The monoisotopic (exact) mass is 529 g/mol. The smallest absolute Gasteiger partial charge is 0.550 e. The summed E-state index contributed by atoms with van der Waals surface area (Å²) in [5.41, 5.74) is 4.36. The molecule has 1 aliphatic carbocycles. The molecule has 0 spiro atoms. The van der Waals surface area contributed by atoms with Crippen molar-refractivity contribution in [2.75, 3.05) is 11.5 Å². The Kier molecular flexibility index (Phi) is 10.4. The second kappa shape index (κ2) is 12.9. The van der Waals surface area contributed by atoms with Crippen LogP contribution in [0.1, 0.15) is 61.2 Å². The molecular formula is C29H32NNaO3S2. The molecule has 1 aliphatic rings. The fourth-order valence-corrected chi connectivity index (χ4v) is 6.42. The van der Waals surface area contributed by atoms with Gasteiger partial charge in [0.2, 0.25) is 0 Å². The normalized spacial score (nSPS) is 14.5. The summed E-state index contributed by atoms with van der Waals surface area (Å²) >= 11 is 3.45. The first-order valence-corrected chi connectivity index (χ1v) is 14.1. The van der Waals surface area contributed by atoms with E-state index in [1.807, 2.05) is 37.1 Å². The van der Waals surface area contributed by atoms with Gasteiger partial charge >= 0.3 is 29.6 Å². The molecule has 0 bridgehead atoms. The van der Waals surface area contributed by atoms with Crippen LogP contribution in [0.3, 0.4) is 0 Å². The van der Waals surface area contributed by atoms with Crippen LogP contribution in [0.5, 0.6) is 0 Å². The van der Waals surface area contributed by atoms with Crippen LogP contribution >= 0.6 is 23.1 Å². The summed E-state index contributed by atoms with van der Waals surface area (Å²) in [6, 6.07) is 14.7. The van der Waals surface area contributed by atoms with Gasteiger partial charge in [0.15, 0.2) is 0 Å². The number of aliphatic hydroxyl groups is 1. The van der Waals surface area contributed by atoms with Crippen molar-refractivity contribution in [3.63, 3.8) is 0 Å². The number of hydrogen-bond donors (Lipinski definition) is 1. The number of aromatic nitrogens is 1. The van der Waals surface area contributed by atoms with Crippen molar-refractivity contribution in [3.05, 3.63) is 75.7 Å². The maximum absolute atomic E-state index is 11.1. The molecule has 0 unspecified atom stereocenters. The van der Waals surface area contributed by atoms with Crippen molar-refractivity contribution in [1.82, 2.24) is 4.98 Å². The van der Waals surface area contributed by atoms with Crippen LogP contribution in [0.2, 0.25) is 0 Å². The van der Waals surface area contributed by atoms with Gasteiger partial charge in [-0.1, -0.05) is 42.5 Å².